The first kappa shape index (κ1) is 16.7. The molecule has 0 bridgehead atoms. The largest absolute Gasteiger partial charge is 0.140 e. The number of benzene rings is 2. The van der Waals surface area contributed by atoms with Gasteiger partial charge < -0.3 is 0 Å². The third kappa shape index (κ3) is 4.18. The van der Waals surface area contributed by atoms with Crippen LogP contribution in [0.15, 0.2) is 48.5 Å². The molecule has 0 aromatic heterocycles. The van der Waals surface area contributed by atoms with Crippen molar-refractivity contribution in [1.82, 2.24) is 0 Å². The smallest absolute Gasteiger partial charge is 0.0406 e. The number of hydrogen-bond donors (Lipinski definition) is 0. The van der Waals surface area contributed by atoms with E-state index in [4.69, 9.17) is 23.2 Å². The molecule has 0 fully saturated rings. The van der Waals surface area contributed by atoms with E-state index in [-0.39, 0.29) is 9.49 Å². The monoisotopic (exact) mass is 338 g/mol. The highest BCUT2D eigenvalue weighted by atomic mass is 35.5. The fourth-order valence-corrected chi connectivity index (χ4v) is 4.49. The highest BCUT2D eigenvalue weighted by Crippen LogP contribution is 2.48. The van der Waals surface area contributed by atoms with Crippen LogP contribution in [0.4, 0.5) is 0 Å². The molecule has 3 heteroatoms. The van der Waals surface area contributed by atoms with Crippen molar-refractivity contribution in [3.05, 3.63) is 69.7 Å². The van der Waals surface area contributed by atoms with Crippen LogP contribution in [0.1, 0.15) is 38.8 Å². The molecule has 2 rings (SSSR count). The number of hydrogen-bond acceptors (Lipinski definition) is 1. The van der Waals surface area contributed by atoms with Gasteiger partial charge in [-0.2, -0.15) is 0 Å². The maximum absolute atomic E-state index is 5.99. The summed E-state index contributed by atoms with van der Waals surface area (Å²) in [6, 6.07) is 16.2. The van der Waals surface area contributed by atoms with E-state index in [0.29, 0.717) is 0 Å². The van der Waals surface area contributed by atoms with Crippen molar-refractivity contribution in [2.45, 2.75) is 37.2 Å². The van der Waals surface area contributed by atoms with Crippen LogP contribution in [0.2, 0.25) is 10.0 Å². The van der Waals surface area contributed by atoms with Crippen LogP contribution in [-0.4, -0.2) is 0 Å². The summed E-state index contributed by atoms with van der Waals surface area (Å²) in [5.41, 5.74) is 2.55. The van der Waals surface area contributed by atoms with Crippen molar-refractivity contribution in [2.24, 2.45) is 0 Å². The van der Waals surface area contributed by atoms with Gasteiger partial charge in [0, 0.05) is 19.5 Å². The average Bonchev–Trinajstić information content (AvgIpc) is 2.38. The Morgan fingerprint density at radius 2 is 0.905 bits per heavy atom. The molecule has 0 heterocycles. The van der Waals surface area contributed by atoms with E-state index >= 15 is 0 Å². The third-order valence-electron chi connectivity index (χ3n) is 3.59. The summed E-state index contributed by atoms with van der Waals surface area (Å²) in [7, 11) is 0. The zero-order valence-corrected chi connectivity index (χ0v) is 15.1. The molecule has 2 aromatic carbocycles. The van der Waals surface area contributed by atoms with E-state index in [1.807, 2.05) is 36.0 Å². The summed E-state index contributed by atoms with van der Waals surface area (Å²) in [6.07, 6.45) is 0. The van der Waals surface area contributed by atoms with Crippen LogP contribution in [0.25, 0.3) is 0 Å². The molecule has 0 saturated carbocycles. The van der Waals surface area contributed by atoms with Crippen molar-refractivity contribution in [3.8, 4) is 0 Å². The Morgan fingerprint density at radius 1 is 0.619 bits per heavy atom. The minimum Gasteiger partial charge on any atom is -0.140 e. The molecule has 21 heavy (non-hydrogen) atoms. The number of halogens is 2. The first-order valence-corrected chi connectivity index (χ1v) is 8.50. The second kappa shape index (κ2) is 6.24. The Labute approximate surface area is 141 Å². The average molecular weight is 339 g/mol. The summed E-state index contributed by atoms with van der Waals surface area (Å²) in [4.78, 5) is 0. The second-order valence-electron chi connectivity index (χ2n) is 6.14. The first-order valence-electron chi connectivity index (χ1n) is 6.93. The maximum atomic E-state index is 5.99. The lowest BCUT2D eigenvalue weighted by atomic mass is 10.0. The van der Waals surface area contributed by atoms with E-state index in [0.717, 1.165) is 10.0 Å². The predicted molar refractivity (Wildman–Crippen MR) is 96.5 cm³/mol. The molecule has 0 amide bonds. The molecule has 2 aromatic rings. The lowest BCUT2D eigenvalue weighted by Crippen LogP contribution is -2.22. The maximum Gasteiger partial charge on any atom is 0.0406 e. The Hall–Kier alpha value is -0.630. The van der Waals surface area contributed by atoms with Crippen molar-refractivity contribution >= 4 is 35.0 Å². The van der Waals surface area contributed by atoms with Crippen molar-refractivity contribution < 1.29 is 0 Å². The second-order valence-corrected chi connectivity index (χ2v) is 9.25. The quantitative estimate of drug-likeness (QED) is 0.584. The van der Waals surface area contributed by atoms with Crippen LogP contribution in [0, 0.1) is 0 Å². The lowest BCUT2D eigenvalue weighted by molar-refractivity contribution is 0.717. The zero-order chi connectivity index (χ0) is 15.7. The van der Waals surface area contributed by atoms with Crippen LogP contribution in [0.5, 0.6) is 0 Å². The summed E-state index contributed by atoms with van der Waals surface area (Å²) in [6.45, 7) is 8.99. The summed E-state index contributed by atoms with van der Waals surface area (Å²) in [5.74, 6) is 0. The van der Waals surface area contributed by atoms with Gasteiger partial charge in [-0.1, -0.05) is 47.5 Å². The molecular formula is C18H20Cl2S. The van der Waals surface area contributed by atoms with Crippen LogP contribution >= 0.6 is 35.0 Å². The van der Waals surface area contributed by atoms with Gasteiger partial charge >= 0.3 is 0 Å². The van der Waals surface area contributed by atoms with Gasteiger partial charge in [0.1, 0.15) is 0 Å². The molecule has 0 radical (unpaired) electrons. The molecule has 112 valence electrons. The molecule has 0 spiro atoms. The molecular weight excluding hydrogens is 319 g/mol. The SMILES string of the molecule is CC(C)(SC(C)(C)c1ccc(Cl)cc1)c1ccc(Cl)cc1. The standard InChI is InChI=1S/C18H20Cl2S/c1-17(2,13-5-9-15(19)10-6-13)21-18(3,4)14-7-11-16(20)12-8-14/h5-12H,1-4H3. The highest BCUT2D eigenvalue weighted by molar-refractivity contribution is 8.01. The summed E-state index contributed by atoms with van der Waals surface area (Å²) in [5, 5.41) is 1.55. The van der Waals surface area contributed by atoms with E-state index in [2.05, 4.69) is 52.0 Å². The molecule has 0 saturated heterocycles. The number of thioether (sulfide) groups is 1. The van der Waals surface area contributed by atoms with Crippen LogP contribution in [0.3, 0.4) is 0 Å². The van der Waals surface area contributed by atoms with E-state index in [1.165, 1.54) is 11.1 Å². The van der Waals surface area contributed by atoms with Gasteiger partial charge in [-0.15, -0.1) is 11.8 Å². The van der Waals surface area contributed by atoms with Gasteiger partial charge in [-0.3, -0.25) is 0 Å². The van der Waals surface area contributed by atoms with Crippen LogP contribution < -0.4 is 0 Å². The third-order valence-corrected chi connectivity index (χ3v) is 5.59. The van der Waals surface area contributed by atoms with E-state index in [1.54, 1.807) is 0 Å². The molecule has 0 unspecified atom stereocenters. The fourth-order valence-electron chi connectivity index (χ4n) is 2.46. The van der Waals surface area contributed by atoms with Gasteiger partial charge in [0.25, 0.3) is 0 Å². The van der Waals surface area contributed by atoms with Crippen molar-refractivity contribution in [2.75, 3.05) is 0 Å². The highest BCUT2D eigenvalue weighted by Gasteiger charge is 2.32. The van der Waals surface area contributed by atoms with Crippen LogP contribution in [-0.2, 0) is 9.49 Å². The van der Waals surface area contributed by atoms with Gasteiger partial charge in [-0.05, 0) is 63.1 Å². The first-order chi connectivity index (χ1) is 9.71. The lowest BCUT2D eigenvalue weighted by Gasteiger charge is -2.35. The minimum absolute atomic E-state index is 0.00623. The number of rotatable bonds is 4. The Kier molecular flexibility index (Phi) is 4.97. The Bertz CT molecular complexity index is 543. The summed E-state index contributed by atoms with van der Waals surface area (Å²) >= 11 is 13.9. The van der Waals surface area contributed by atoms with E-state index < -0.39 is 0 Å². The fraction of sp³-hybridized carbons (Fsp3) is 0.333. The zero-order valence-electron chi connectivity index (χ0n) is 12.8. The predicted octanol–water partition coefficient (Wildman–Crippen LogP) is 6.90. The molecule has 0 N–H and O–H groups in total. The molecule has 0 aliphatic carbocycles. The molecule has 0 aliphatic rings. The topological polar surface area (TPSA) is 0 Å². The Balaban J connectivity index is 2.25. The molecule has 0 nitrogen and oxygen atoms in total. The normalized spacial score (nSPS) is 12.5. The van der Waals surface area contributed by atoms with Gasteiger partial charge in [0.15, 0.2) is 0 Å². The van der Waals surface area contributed by atoms with Gasteiger partial charge in [0.05, 0.1) is 0 Å². The minimum atomic E-state index is -0.00623. The van der Waals surface area contributed by atoms with E-state index in [9.17, 15) is 0 Å². The molecule has 0 atom stereocenters. The van der Waals surface area contributed by atoms with Gasteiger partial charge in [0.2, 0.25) is 0 Å². The molecule has 0 aliphatic heterocycles. The van der Waals surface area contributed by atoms with Crippen molar-refractivity contribution in [3.63, 3.8) is 0 Å². The van der Waals surface area contributed by atoms with Gasteiger partial charge in [-0.25, -0.2) is 0 Å². The Morgan fingerprint density at radius 3 is 1.19 bits per heavy atom. The van der Waals surface area contributed by atoms with Crippen molar-refractivity contribution in [1.29, 1.82) is 0 Å². The summed E-state index contributed by atoms with van der Waals surface area (Å²) < 4.78 is -0.0125.